The number of fused-ring (bicyclic) bond motifs is 1. The van der Waals surface area contributed by atoms with Gasteiger partial charge in [-0.25, -0.2) is 9.97 Å². The maximum absolute atomic E-state index is 11.3. The third kappa shape index (κ3) is 4.06. The molecule has 0 spiro atoms. The molecule has 2 fully saturated rings. The van der Waals surface area contributed by atoms with Gasteiger partial charge in [-0.2, -0.15) is 4.98 Å². The number of nitrogens with two attached hydrogens (primary N) is 1. The van der Waals surface area contributed by atoms with Gasteiger partial charge in [0.2, 0.25) is 11.7 Å². The number of benzene rings is 1. The summed E-state index contributed by atoms with van der Waals surface area (Å²) in [7, 11) is 0. The molecule has 200 valence electrons. The van der Waals surface area contributed by atoms with Crippen molar-refractivity contribution >= 4 is 17.1 Å². The summed E-state index contributed by atoms with van der Waals surface area (Å²) in [4.78, 5) is 13.0. The lowest BCUT2D eigenvalue weighted by molar-refractivity contribution is -0.309. The van der Waals surface area contributed by atoms with Crippen LogP contribution < -0.4 is 5.73 Å². The predicted molar refractivity (Wildman–Crippen MR) is 125 cm³/mol. The minimum absolute atomic E-state index is 0.0558. The van der Waals surface area contributed by atoms with Crippen molar-refractivity contribution in [2.24, 2.45) is 0 Å². The van der Waals surface area contributed by atoms with E-state index in [1.807, 2.05) is 30.3 Å². The molecule has 2 aliphatic heterocycles. The lowest BCUT2D eigenvalue weighted by atomic mass is 9.86. The Morgan fingerprint density at radius 3 is 2.24 bits per heavy atom. The Labute approximate surface area is 210 Å². The maximum Gasteiger partial charge on any atom is 0.222 e. The molecule has 2 aromatic heterocycles. The molecule has 0 amide bonds. The summed E-state index contributed by atoms with van der Waals surface area (Å²) < 4.78 is 12.9. The number of hydrogen-bond acceptors (Lipinski definition) is 13. The Balaban J connectivity index is 1.69. The third-order valence-corrected chi connectivity index (χ3v) is 7.02. The monoisotopic (exact) mass is 519 g/mol. The van der Waals surface area contributed by atoms with Gasteiger partial charge < -0.3 is 51.0 Å². The van der Waals surface area contributed by atoms with Crippen molar-refractivity contribution in [3.8, 4) is 0 Å². The van der Waals surface area contributed by atoms with Gasteiger partial charge in [0.05, 0.1) is 25.2 Å². The van der Waals surface area contributed by atoms with Crippen LogP contribution in [0.3, 0.4) is 0 Å². The van der Waals surface area contributed by atoms with E-state index < -0.39 is 67.8 Å². The maximum atomic E-state index is 11.3. The van der Waals surface area contributed by atoms with Gasteiger partial charge in [0.15, 0.2) is 5.65 Å². The van der Waals surface area contributed by atoms with E-state index in [0.717, 1.165) is 5.56 Å². The second kappa shape index (κ2) is 9.83. The fourth-order valence-corrected chi connectivity index (χ4v) is 5.14. The second-order valence-electron chi connectivity index (χ2n) is 9.25. The molecule has 9 atom stereocenters. The normalized spacial score (nSPS) is 36.3. The van der Waals surface area contributed by atoms with Gasteiger partial charge in [0, 0.05) is 6.42 Å². The van der Waals surface area contributed by atoms with Gasteiger partial charge in [-0.05, 0) is 5.56 Å². The molecule has 37 heavy (non-hydrogen) atoms. The summed E-state index contributed by atoms with van der Waals surface area (Å²) in [6.07, 6.45) is -11.6. The van der Waals surface area contributed by atoms with Crippen molar-refractivity contribution in [2.75, 3.05) is 18.9 Å². The highest BCUT2D eigenvalue weighted by Crippen LogP contribution is 2.45. The molecule has 2 aliphatic rings. The Hall–Kier alpha value is -2.79. The third-order valence-electron chi connectivity index (χ3n) is 7.02. The van der Waals surface area contributed by atoms with E-state index in [4.69, 9.17) is 15.2 Å². The van der Waals surface area contributed by atoms with Crippen LogP contribution in [-0.2, 0) is 21.6 Å². The number of rotatable bonds is 6. The standard InChI is InChI=1S/C23H29N5O9/c24-22-26-11(6-10-4-2-1-3-5-10)14-21(27-22)28(9-25-14)23(19(35)16(32)13(8-30)37-23)20-18(34)17(33)15(31)12(7-29)36-20/h1-5,9,12-13,15-20,29-35H,6-8H2,(H2,24,26,27)/t12-,13-,15-,16-,17+,18-,19-,20?,23?/m1/s1. The zero-order valence-electron chi connectivity index (χ0n) is 19.5. The number of hydrogen-bond donors (Lipinski definition) is 8. The SMILES string of the molecule is Nc1nc(Cc2ccccc2)c2ncn(C3(C4O[C@H](CO)[C@@H](O)[C@H](O)[C@H]4O)O[C@H](CO)[C@@H](O)[C@H]3O)c2n1. The molecule has 0 aliphatic carbocycles. The molecule has 14 heteroatoms. The van der Waals surface area contributed by atoms with Crippen LogP contribution in [0.2, 0.25) is 0 Å². The number of nitrogens with zero attached hydrogens (tertiary/aromatic N) is 4. The fraction of sp³-hybridized carbons (Fsp3) is 0.522. The van der Waals surface area contributed by atoms with Crippen LogP contribution in [0.5, 0.6) is 0 Å². The van der Waals surface area contributed by atoms with E-state index in [9.17, 15) is 35.7 Å². The highest BCUT2D eigenvalue weighted by atomic mass is 16.6. The van der Waals surface area contributed by atoms with Crippen molar-refractivity contribution in [3.63, 3.8) is 0 Å². The van der Waals surface area contributed by atoms with Crippen molar-refractivity contribution in [1.82, 2.24) is 19.5 Å². The van der Waals surface area contributed by atoms with Crippen LogP contribution in [0.1, 0.15) is 11.3 Å². The van der Waals surface area contributed by atoms with Crippen molar-refractivity contribution in [1.29, 1.82) is 0 Å². The van der Waals surface area contributed by atoms with Gasteiger partial charge in [0.25, 0.3) is 0 Å². The Morgan fingerprint density at radius 1 is 0.892 bits per heavy atom. The average Bonchev–Trinajstić information content (AvgIpc) is 3.43. The minimum atomic E-state index is -2.22. The first-order valence-corrected chi connectivity index (χ1v) is 11.7. The molecule has 1 aromatic carbocycles. The molecule has 2 saturated heterocycles. The molecule has 3 aromatic rings. The van der Waals surface area contributed by atoms with Gasteiger partial charge in [-0.3, -0.25) is 4.57 Å². The molecule has 0 saturated carbocycles. The van der Waals surface area contributed by atoms with E-state index >= 15 is 0 Å². The Morgan fingerprint density at radius 2 is 1.59 bits per heavy atom. The molecule has 0 radical (unpaired) electrons. The largest absolute Gasteiger partial charge is 0.394 e. The highest BCUT2D eigenvalue weighted by Gasteiger charge is 2.65. The lowest BCUT2D eigenvalue weighted by Crippen LogP contribution is -2.68. The number of ether oxygens (including phenoxy) is 2. The van der Waals surface area contributed by atoms with Gasteiger partial charge in [-0.15, -0.1) is 0 Å². The van der Waals surface area contributed by atoms with Crippen LogP contribution in [0.4, 0.5) is 5.95 Å². The number of aliphatic hydroxyl groups is 7. The lowest BCUT2D eigenvalue weighted by Gasteiger charge is -2.48. The topological polar surface area (TPSA) is 230 Å². The molecule has 4 heterocycles. The first-order valence-electron chi connectivity index (χ1n) is 11.7. The Kier molecular flexibility index (Phi) is 6.86. The predicted octanol–water partition coefficient (Wildman–Crippen LogP) is -3.39. The van der Waals surface area contributed by atoms with Crippen LogP contribution >= 0.6 is 0 Å². The molecule has 5 rings (SSSR count). The molecule has 14 nitrogen and oxygen atoms in total. The fourth-order valence-electron chi connectivity index (χ4n) is 5.14. The van der Waals surface area contributed by atoms with E-state index in [2.05, 4.69) is 15.0 Å². The first-order chi connectivity index (χ1) is 17.7. The smallest absolute Gasteiger partial charge is 0.222 e. The summed E-state index contributed by atoms with van der Waals surface area (Å²) in [6, 6.07) is 9.38. The van der Waals surface area contributed by atoms with Gasteiger partial charge in [-0.1, -0.05) is 30.3 Å². The number of nitrogen functional groups attached to an aromatic ring is 1. The van der Waals surface area contributed by atoms with E-state index in [1.165, 1.54) is 10.9 Å². The summed E-state index contributed by atoms with van der Waals surface area (Å²) in [6.45, 7) is -1.44. The zero-order chi connectivity index (χ0) is 26.5. The molecule has 9 N–H and O–H groups in total. The summed E-state index contributed by atoms with van der Waals surface area (Å²) >= 11 is 0. The number of aromatic nitrogens is 4. The van der Waals surface area contributed by atoms with E-state index in [1.54, 1.807) is 0 Å². The number of aliphatic hydroxyl groups excluding tert-OH is 7. The number of anilines is 1. The van der Waals surface area contributed by atoms with Crippen LogP contribution in [0, 0.1) is 0 Å². The molecular weight excluding hydrogens is 490 g/mol. The minimum Gasteiger partial charge on any atom is -0.394 e. The summed E-state index contributed by atoms with van der Waals surface area (Å²) in [5.74, 6) is -0.129. The van der Waals surface area contributed by atoms with Gasteiger partial charge >= 0.3 is 0 Å². The summed E-state index contributed by atoms with van der Waals surface area (Å²) in [5, 5.41) is 73.2. The quantitative estimate of drug-likeness (QED) is 0.159. The Bertz CT molecular complexity index is 1240. The van der Waals surface area contributed by atoms with Gasteiger partial charge in [0.1, 0.15) is 54.3 Å². The first kappa shape index (κ1) is 25.8. The molecule has 0 bridgehead atoms. The van der Waals surface area contributed by atoms with Crippen LogP contribution in [-0.4, -0.2) is 117 Å². The highest BCUT2D eigenvalue weighted by molar-refractivity contribution is 5.75. The van der Waals surface area contributed by atoms with E-state index in [-0.39, 0.29) is 17.1 Å². The molecular formula is C23H29N5O9. The average molecular weight is 520 g/mol. The van der Waals surface area contributed by atoms with Crippen LogP contribution in [0.25, 0.3) is 11.2 Å². The van der Waals surface area contributed by atoms with Crippen molar-refractivity contribution in [2.45, 2.75) is 61.0 Å². The summed E-state index contributed by atoms with van der Waals surface area (Å²) in [5.41, 5.74) is 5.48. The van der Waals surface area contributed by atoms with Crippen molar-refractivity contribution in [3.05, 3.63) is 47.9 Å². The second-order valence-corrected chi connectivity index (χ2v) is 9.25. The molecule has 2 unspecified atom stereocenters. The van der Waals surface area contributed by atoms with Crippen LogP contribution in [0.15, 0.2) is 36.7 Å². The van der Waals surface area contributed by atoms with E-state index in [0.29, 0.717) is 12.1 Å². The zero-order valence-corrected chi connectivity index (χ0v) is 19.5. The van der Waals surface area contributed by atoms with Crippen molar-refractivity contribution < 1.29 is 45.2 Å². The number of imidazole rings is 1.